The van der Waals surface area contributed by atoms with Crippen LogP contribution >= 0.6 is 11.6 Å². The Morgan fingerprint density at radius 2 is 1.80 bits per heavy atom. The Hall–Kier alpha value is -3.51. The van der Waals surface area contributed by atoms with Crippen LogP contribution in [0.1, 0.15) is 21.5 Å². The van der Waals surface area contributed by atoms with Gasteiger partial charge in [0.1, 0.15) is 5.75 Å². The molecule has 0 heterocycles. The van der Waals surface area contributed by atoms with Crippen molar-refractivity contribution in [2.24, 2.45) is 0 Å². The van der Waals surface area contributed by atoms with Crippen LogP contribution in [0.2, 0.25) is 5.02 Å². The number of carboxylic acids is 1. The molecule has 3 aromatic carbocycles. The van der Waals surface area contributed by atoms with Crippen LogP contribution in [0.3, 0.4) is 0 Å². The molecule has 0 spiro atoms. The van der Waals surface area contributed by atoms with Crippen molar-refractivity contribution < 1.29 is 19.4 Å². The van der Waals surface area contributed by atoms with Crippen LogP contribution in [-0.4, -0.2) is 23.6 Å². The zero-order valence-electron chi connectivity index (χ0n) is 16.3. The average molecular weight is 425 g/mol. The molecule has 1 amide bonds. The zero-order chi connectivity index (χ0) is 21.5. The van der Waals surface area contributed by atoms with E-state index in [0.717, 1.165) is 11.1 Å². The van der Waals surface area contributed by atoms with Gasteiger partial charge in [-0.1, -0.05) is 35.9 Å². The highest BCUT2D eigenvalue weighted by atomic mass is 35.5. The molecule has 3 rings (SSSR count). The number of halogens is 1. The fourth-order valence-electron chi connectivity index (χ4n) is 2.73. The molecule has 0 bridgehead atoms. The first-order valence-electron chi connectivity index (χ1n) is 9.26. The summed E-state index contributed by atoms with van der Waals surface area (Å²) < 4.78 is 5.59. The van der Waals surface area contributed by atoms with Crippen molar-refractivity contribution >= 4 is 34.9 Å². The number of hydrogen-bond acceptors (Lipinski definition) is 4. The summed E-state index contributed by atoms with van der Waals surface area (Å²) in [6.07, 6.45) is 0. The minimum atomic E-state index is -0.972. The third kappa shape index (κ3) is 5.99. The Balaban J connectivity index is 1.53. The summed E-state index contributed by atoms with van der Waals surface area (Å²) in [7, 11) is 0. The molecule has 3 N–H and O–H groups in total. The van der Waals surface area contributed by atoms with Gasteiger partial charge in [0, 0.05) is 22.9 Å². The Labute approximate surface area is 179 Å². The van der Waals surface area contributed by atoms with Crippen molar-refractivity contribution in [3.8, 4) is 5.75 Å². The van der Waals surface area contributed by atoms with E-state index in [4.69, 9.17) is 21.4 Å². The first-order valence-corrected chi connectivity index (χ1v) is 9.63. The van der Waals surface area contributed by atoms with E-state index in [1.807, 2.05) is 31.2 Å². The summed E-state index contributed by atoms with van der Waals surface area (Å²) in [5.41, 5.74) is 3.40. The third-order valence-corrected chi connectivity index (χ3v) is 4.74. The summed E-state index contributed by atoms with van der Waals surface area (Å²) in [5.74, 6) is -0.699. The highest BCUT2D eigenvalue weighted by molar-refractivity contribution is 6.31. The number of aryl methyl sites for hydroxylation is 1. The number of ether oxygens (including phenoxy) is 1. The van der Waals surface area contributed by atoms with E-state index in [1.165, 1.54) is 6.07 Å². The van der Waals surface area contributed by atoms with Gasteiger partial charge in [-0.05, 0) is 60.5 Å². The highest BCUT2D eigenvalue weighted by Gasteiger charge is 2.07. The highest BCUT2D eigenvalue weighted by Crippen LogP contribution is 2.20. The van der Waals surface area contributed by atoms with Crippen LogP contribution in [0.15, 0.2) is 66.7 Å². The van der Waals surface area contributed by atoms with E-state index in [0.29, 0.717) is 28.7 Å². The molecule has 0 saturated heterocycles. The normalized spacial score (nSPS) is 10.3. The Morgan fingerprint density at radius 3 is 2.57 bits per heavy atom. The van der Waals surface area contributed by atoms with Gasteiger partial charge in [0.15, 0.2) is 6.61 Å². The molecule has 3 aromatic rings. The molecule has 0 fully saturated rings. The summed E-state index contributed by atoms with van der Waals surface area (Å²) in [5, 5.41) is 15.6. The number of aromatic carboxylic acids is 1. The molecule has 0 saturated carbocycles. The average Bonchev–Trinajstić information content (AvgIpc) is 2.74. The van der Waals surface area contributed by atoms with E-state index in [9.17, 15) is 9.59 Å². The van der Waals surface area contributed by atoms with E-state index in [-0.39, 0.29) is 18.1 Å². The molecule has 154 valence electrons. The van der Waals surface area contributed by atoms with Gasteiger partial charge in [-0.2, -0.15) is 0 Å². The number of nitrogens with one attached hydrogen (secondary N) is 2. The van der Waals surface area contributed by atoms with Gasteiger partial charge in [0.2, 0.25) is 0 Å². The fourth-order valence-corrected chi connectivity index (χ4v) is 2.91. The third-order valence-electron chi connectivity index (χ3n) is 4.33. The number of carbonyl (C=O) groups excluding carboxylic acids is 1. The van der Waals surface area contributed by atoms with Crippen molar-refractivity contribution in [2.75, 3.05) is 17.2 Å². The molecular formula is C23H21ClN2O4. The van der Waals surface area contributed by atoms with Crippen LogP contribution in [0.4, 0.5) is 11.4 Å². The number of amides is 1. The van der Waals surface area contributed by atoms with Crippen LogP contribution in [-0.2, 0) is 11.3 Å². The lowest BCUT2D eigenvalue weighted by Crippen LogP contribution is -2.20. The lowest BCUT2D eigenvalue weighted by Gasteiger charge is -2.11. The van der Waals surface area contributed by atoms with Gasteiger partial charge >= 0.3 is 5.97 Å². The minimum absolute atomic E-state index is 0.136. The van der Waals surface area contributed by atoms with Gasteiger partial charge < -0.3 is 20.5 Å². The summed E-state index contributed by atoms with van der Waals surface area (Å²) in [6.45, 7) is 2.24. The predicted octanol–water partition coefficient (Wildman–Crippen LogP) is 4.98. The van der Waals surface area contributed by atoms with Gasteiger partial charge in [-0.25, -0.2) is 4.79 Å². The van der Waals surface area contributed by atoms with Crippen molar-refractivity contribution in [2.45, 2.75) is 13.5 Å². The summed E-state index contributed by atoms with van der Waals surface area (Å²) in [6, 6.07) is 19.2. The molecule has 0 aliphatic carbocycles. The largest absolute Gasteiger partial charge is 0.484 e. The maximum absolute atomic E-state index is 12.1. The molecule has 0 aromatic heterocycles. The first kappa shape index (κ1) is 21.2. The van der Waals surface area contributed by atoms with Crippen LogP contribution in [0.25, 0.3) is 0 Å². The molecule has 30 heavy (non-hydrogen) atoms. The second-order valence-corrected chi connectivity index (χ2v) is 7.09. The molecule has 0 unspecified atom stereocenters. The molecule has 7 heteroatoms. The monoisotopic (exact) mass is 424 g/mol. The van der Waals surface area contributed by atoms with Crippen molar-refractivity contribution in [1.29, 1.82) is 0 Å². The molecule has 6 nitrogen and oxygen atoms in total. The Morgan fingerprint density at radius 1 is 1.00 bits per heavy atom. The number of rotatable bonds is 8. The number of carboxylic acid groups (broad SMARTS) is 1. The van der Waals surface area contributed by atoms with E-state index in [1.54, 1.807) is 36.4 Å². The minimum Gasteiger partial charge on any atom is -0.484 e. The van der Waals surface area contributed by atoms with Gasteiger partial charge in [0.05, 0.1) is 5.56 Å². The second-order valence-electron chi connectivity index (χ2n) is 6.69. The Kier molecular flexibility index (Phi) is 6.93. The van der Waals surface area contributed by atoms with Crippen molar-refractivity contribution in [3.63, 3.8) is 0 Å². The van der Waals surface area contributed by atoms with E-state index in [2.05, 4.69) is 10.6 Å². The van der Waals surface area contributed by atoms with Gasteiger partial charge in [-0.3, -0.25) is 4.79 Å². The first-order chi connectivity index (χ1) is 14.4. The maximum Gasteiger partial charge on any atom is 0.335 e. The number of carbonyl (C=O) groups is 2. The summed E-state index contributed by atoms with van der Waals surface area (Å²) in [4.78, 5) is 23.2. The fraction of sp³-hybridized carbons (Fsp3) is 0.130. The molecule has 0 aliphatic rings. The smallest absolute Gasteiger partial charge is 0.335 e. The standard InChI is InChI=1S/C23H21ClN2O4/c1-15-8-9-19(12-21(15)24)26-22(27)14-30-20-7-2-4-16(10-20)13-25-18-6-3-5-17(11-18)23(28)29/h2-12,25H,13-14H2,1H3,(H,26,27)(H,28,29). The lowest BCUT2D eigenvalue weighted by molar-refractivity contribution is -0.118. The number of benzene rings is 3. The SMILES string of the molecule is Cc1ccc(NC(=O)COc2cccc(CNc3cccc(C(=O)O)c3)c2)cc1Cl. The van der Waals surface area contributed by atoms with Gasteiger partial charge in [0.25, 0.3) is 5.91 Å². The Bertz CT molecular complexity index is 1070. The quantitative estimate of drug-likeness (QED) is 0.475. The molecule has 0 radical (unpaired) electrons. The lowest BCUT2D eigenvalue weighted by atomic mass is 10.2. The summed E-state index contributed by atoms with van der Waals surface area (Å²) >= 11 is 6.07. The van der Waals surface area contributed by atoms with E-state index < -0.39 is 5.97 Å². The number of hydrogen-bond donors (Lipinski definition) is 3. The van der Waals surface area contributed by atoms with Crippen LogP contribution < -0.4 is 15.4 Å². The number of anilines is 2. The van der Waals surface area contributed by atoms with E-state index >= 15 is 0 Å². The van der Waals surface area contributed by atoms with Gasteiger partial charge in [-0.15, -0.1) is 0 Å². The molecular weight excluding hydrogens is 404 g/mol. The topological polar surface area (TPSA) is 87.7 Å². The predicted molar refractivity (Wildman–Crippen MR) is 117 cm³/mol. The second kappa shape index (κ2) is 9.80. The molecule has 0 atom stereocenters. The van der Waals surface area contributed by atoms with Crippen LogP contribution in [0, 0.1) is 6.92 Å². The molecule has 0 aliphatic heterocycles. The van der Waals surface area contributed by atoms with Crippen LogP contribution in [0.5, 0.6) is 5.75 Å². The van der Waals surface area contributed by atoms with Crippen molar-refractivity contribution in [3.05, 3.63) is 88.4 Å². The maximum atomic E-state index is 12.1. The van der Waals surface area contributed by atoms with Crippen molar-refractivity contribution in [1.82, 2.24) is 0 Å². The zero-order valence-corrected chi connectivity index (χ0v) is 17.1.